The van der Waals surface area contributed by atoms with Gasteiger partial charge in [0.15, 0.2) is 0 Å². The van der Waals surface area contributed by atoms with E-state index in [1.807, 2.05) is 6.08 Å². The zero-order valence-corrected chi connectivity index (χ0v) is 8.05. The van der Waals surface area contributed by atoms with Crippen LogP contribution in [0.1, 0.15) is 13.8 Å². The smallest absolute Gasteiger partial charge is 0.381 e. The van der Waals surface area contributed by atoms with Crippen LogP contribution >= 0.6 is 0 Å². The second-order valence-electron chi connectivity index (χ2n) is 1.37. The molecule has 9 heavy (non-hydrogen) atoms. The van der Waals surface area contributed by atoms with Gasteiger partial charge < -0.3 is 6.08 Å². The predicted octanol–water partition coefficient (Wildman–Crippen LogP) is 2.32. The molecule has 0 amide bonds. The standard InChI is InChI=1S/C5H6F3.Y/c1-3-4(2)5(6,7)8;/h1-2H3;/q-1;. The molecule has 0 fully saturated rings. The van der Waals surface area contributed by atoms with E-state index in [4.69, 9.17) is 0 Å². The van der Waals surface area contributed by atoms with Gasteiger partial charge in [-0.15, -0.1) is 0 Å². The molecule has 0 rings (SSSR count). The van der Waals surface area contributed by atoms with Crippen molar-refractivity contribution < 1.29 is 45.9 Å². The van der Waals surface area contributed by atoms with Crippen molar-refractivity contribution in [2.75, 3.05) is 0 Å². The van der Waals surface area contributed by atoms with Crippen molar-refractivity contribution in [3.05, 3.63) is 11.6 Å². The van der Waals surface area contributed by atoms with Crippen LogP contribution in [-0.4, -0.2) is 6.18 Å². The van der Waals surface area contributed by atoms with Gasteiger partial charge in [0.2, 0.25) is 0 Å². The second-order valence-corrected chi connectivity index (χ2v) is 1.37. The third-order valence-electron chi connectivity index (χ3n) is 0.800. The molecule has 0 bridgehead atoms. The molecule has 0 aliphatic rings. The monoisotopic (exact) mass is 212 g/mol. The quantitative estimate of drug-likeness (QED) is 0.540. The van der Waals surface area contributed by atoms with Gasteiger partial charge in [0.25, 0.3) is 0 Å². The Morgan fingerprint density at radius 3 is 1.67 bits per heavy atom. The van der Waals surface area contributed by atoms with Crippen molar-refractivity contribution >= 4 is 0 Å². The molecule has 4 heteroatoms. The Bertz CT molecular complexity index is 103. The molecule has 0 aliphatic carbocycles. The van der Waals surface area contributed by atoms with Crippen LogP contribution in [0.15, 0.2) is 5.57 Å². The Hall–Kier alpha value is 0.634. The normalized spacial score (nSPS) is 12.8. The maximum Gasteiger partial charge on any atom is 0.381 e. The number of allylic oxidation sites excluding steroid dienone is 2. The zero-order chi connectivity index (χ0) is 6.78. The third-order valence-corrected chi connectivity index (χ3v) is 0.800. The van der Waals surface area contributed by atoms with Crippen LogP contribution in [0.2, 0.25) is 0 Å². The van der Waals surface area contributed by atoms with Crippen molar-refractivity contribution in [1.29, 1.82) is 0 Å². The van der Waals surface area contributed by atoms with Crippen molar-refractivity contribution in [3.63, 3.8) is 0 Å². The summed E-state index contributed by atoms with van der Waals surface area (Å²) in [6.45, 7) is 2.23. The third kappa shape index (κ3) is 5.10. The first-order valence-corrected chi connectivity index (χ1v) is 2.07. The van der Waals surface area contributed by atoms with E-state index >= 15 is 0 Å². The molecule has 0 heterocycles. The molecule has 0 nitrogen and oxygen atoms in total. The van der Waals surface area contributed by atoms with E-state index in [0.29, 0.717) is 0 Å². The van der Waals surface area contributed by atoms with E-state index in [1.54, 1.807) is 0 Å². The molecular formula is C5H6F3Y-. The number of rotatable bonds is 0. The summed E-state index contributed by atoms with van der Waals surface area (Å²) in [5.74, 6) is 0. The Balaban J connectivity index is 0. The topological polar surface area (TPSA) is 0 Å². The first-order valence-electron chi connectivity index (χ1n) is 2.07. The summed E-state index contributed by atoms with van der Waals surface area (Å²) in [7, 11) is 0. The first kappa shape index (κ1) is 12.3. The van der Waals surface area contributed by atoms with Gasteiger partial charge in [-0.25, -0.2) is 0 Å². The average molecular weight is 212 g/mol. The van der Waals surface area contributed by atoms with Crippen LogP contribution in [0, 0.1) is 6.08 Å². The Kier molecular flexibility index (Phi) is 6.09. The SMILES string of the molecule is C[C-]=C(C)C(F)(F)F.[Y]. The van der Waals surface area contributed by atoms with Gasteiger partial charge in [-0.05, 0) is 0 Å². The van der Waals surface area contributed by atoms with Crippen molar-refractivity contribution in [3.8, 4) is 0 Å². The van der Waals surface area contributed by atoms with Gasteiger partial charge >= 0.3 is 6.18 Å². The predicted molar refractivity (Wildman–Crippen MR) is 24.2 cm³/mol. The average Bonchev–Trinajstić information content (AvgIpc) is 1.62. The van der Waals surface area contributed by atoms with Crippen LogP contribution in [0.4, 0.5) is 13.2 Å². The van der Waals surface area contributed by atoms with E-state index in [9.17, 15) is 13.2 Å². The molecule has 0 unspecified atom stereocenters. The number of alkyl halides is 3. The van der Waals surface area contributed by atoms with Crippen LogP contribution in [-0.2, 0) is 32.7 Å². The van der Waals surface area contributed by atoms with E-state index < -0.39 is 11.7 Å². The van der Waals surface area contributed by atoms with Crippen molar-refractivity contribution in [1.82, 2.24) is 0 Å². The van der Waals surface area contributed by atoms with Crippen LogP contribution < -0.4 is 0 Å². The molecule has 0 saturated heterocycles. The number of hydrogen-bond donors (Lipinski definition) is 0. The van der Waals surface area contributed by atoms with E-state index in [1.165, 1.54) is 6.92 Å². The van der Waals surface area contributed by atoms with E-state index in [-0.39, 0.29) is 32.7 Å². The molecular weight excluding hydrogens is 206 g/mol. The second kappa shape index (κ2) is 4.45. The molecule has 0 aromatic carbocycles. The van der Waals surface area contributed by atoms with Gasteiger partial charge in [0.05, 0.1) is 0 Å². The van der Waals surface area contributed by atoms with Crippen LogP contribution in [0.25, 0.3) is 0 Å². The zero-order valence-electron chi connectivity index (χ0n) is 5.21. The molecule has 0 N–H and O–H groups in total. The summed E-state index contributed by atoms with van der Waals surface area (Å²) in [6, 6.07) is 0. The minimum absolute atomic E-state index is 0. The molecule has 51 valence electrons. The summed E-state index contributed by atoms with van der Waals surface area (Å²) < 4.78 is 34.0. The maximum absolute atomic E-state index is 11.3. The first-order chi connectivity index (χ1) is 3.48. The summed E-state index contributed by atoms with van der Waals surface area (Å²) in [5, 5.41) is 0. The molecule has 0 aliphatic heterocycles. The summed E-state index contributed by atoms with van der Waals surface area (Å²) in [6.07, 6.45) is -2.19. The molecule has 0 aromatic rings. The number of hydrogen-bond acceptors (Lipinski definition) is 0. The minimum atomic E-state index is -4.19. The van der Waals surface area contributed by atoms with Gasteiger partial charge in [0.1, 0.15) is 0 Å². The van der Waals surface area contributed by atoms with Crippen LogP contribution in [0.5, 0.6) is 0 Å². The summed E-state index contributed by atoms with van der Waals surface area (Å²) in [4.78, 5) is 0. The molecule has 0 saturated carbocycles. The van der Waals surface area contributed by atoms with Crippen molar-refractivity contribution in [2.45, 2.75) is 20.0 Å². The largest absolute Gasteiger partial charge is 0.492 e. The van der Waals surface area contributed by atoms with E-state index in [0.717, 1.165) is 6.92 Å². The Morgan fingerprint density at radius 2 is 1.67 bits per heavy atom. The maximum atomic E-state index is 11.3. The molecule has 0 spiro atoms. The van der Waals surface area contributed by atoms with Gasteiger partial charge in [-0.2, -0.15) is 25.7 Å². The minimum Gasteiger partial charge on any atom is -0.492 e. The fourth-order valence-electron chi connectivity index (χ4n) is 0.142. The molecule has 0 aromatic heterocycles. The fourth-order valence-corrected chi connectivity index (χ4v) is 0.142. The summed E-state index contributed by atoms with van der Waals surface area (Å²) in [5.41, 5.74) is -0.669. The summed E-state index contributed by atoms with van der Waals surface area (Å²) >= 11 is 0. The van der Waals surface area contributed by atoms with Crippen molar-refractivity contribution in [2.24, 2.45) is 0 Å². The fraction of sp³-hybridized carbons (Fsp3) is 0.600. The van der Waals surface area contributed by atoms with Gasteiger partial charge in [-0.1, -0.05) is 6.92 Å². The van der Waals surface area contributed by atoms with E-state index in [2.05, 4.69) is 0 Å². The van der Waals surface area contributed by atoms with Gasteiger partial charge in [-0.3, -0.25) is 0 Å². The van der Waals surface area contributed by atoms with Gasteiger partial charge in [0, 0.05) is 32.7 Å². The Morgan fingerprint density at radius 1 is 1.33 bits per heavy atom. The molecule has 0 atom stereocenters. The molecule has 1 radical (unpaired) electrons. The van der Waals surface area contributed by atoms with Crippen LogP contribution in [0.3, 0.4) is 0 Å². The Labute approximate surface area is 77.4 Å². The number of halogens is 3.